The van der Waals surface area contributed by atoms with Crippen molar-refractivity contribution in [2.75, 3.05) is 18.5 Å². The van der Waals surface area contributed by atoms with Crippen LogP contribution in [0.3, 0.4) is 0 Å². The average Bonchev–Trinajstić information content (AvgIpc) is 2.14. The lowest BCUT2D eigenvalue weighted by Crippen LogP contribution is -2.19. The summed E-state index contributed by atoms with van der Waals surface area (Å²) >= 11 is 0. The van der Waals surface area contributed by atoms with E-state index < -0.39 is 5.95 Å². The summed E-state index contributed by atoms with van der Waals surface area (Å²) in [5.74, 6) is 0.286. The lowest BCUT2D eigenvalue weighted by molar-refractivity contribution is 0.581. The minimum Gasteiger partial charge on any atom is -0.360 e. The van der Waals surface area contributed by atoms with Gasteiger partial charge < -0.3 is 4.90 Å². The van der Waals surface area contributed by atoms with Crippen molar-refractivity contribution in [2.45, 2.75) is 19.8 Å². The fourth-order valence-electron chi connectivity index (χ4n) is 1.12. The Balaban J connectivity index is 2.60. The van der Waals surface area contributed by atoms with Gasteiger partial charge in [0.2, 0.25) is 5.95 Å². The first-order valence-corrected chi connectivity index (χ1v) is 4.57. The molecule has 0 bridgehead atoms. The van der Waals surface area contributed by atoms with E-state index in [2.05, 4.69) is 11.9 Å². The van der Waals surface area contributed by atoms with Gasteiger partial charge in [0.05, 0.1) is 0 Å². The number of halogens is 1. The Morgan fingerprint density at radius 1 is 1.46 bits per heavy atom. The van der Waals surface area contributed by atoms with Crippen LogP contribution in [0.2, 0.25) is 0 Å². The topological polar surface area (TPSA) is 16.1 Å². The van der Waals surface area contributed by atoms with Crippen LogP contribution >= 0.6 is 0 Å². The summed E-state index contributed by atoms with van der Waals surface area (Å²) in [5, 5.41) is 0. The molecule has 0 aliphatic rings. The first kappa shape index (κ1) is 9.96. The van der Waals surface area contributed by atoms with Crippen LogP contribution in [0, 0.1) is 5.95 Å². The van der Waals surface area contributed by atoms with Crippen molar-refractivity contribution in [1.82, 2.24) is 4.98 Å². The molecule has 0 aliphatic heterocycles. The lowest BCUT2D eigenvalue weighted by atomic mass is 10.3. The van der Waals surface area contributed by atoms with Crippen LogP contribution in [0.4, 0.5) is 10.2 Å². The maximum absolute atomic E-state index is 12.7. The highest BCUT2D eigenvalue weighted by atomic mass is 19.1. The van der Waals surface area contributed by atoms with Crippen molar-refractivity contribution in [1.29, 1.82) is 0 Å². The van der Waals surface area contributed by atoms with Crippen molar-refractivity contribution in [3.8, 4) is 0 Å². The van der Waals surface area contributed by atoms with E-state index in [1.54, 1.807) is 6.07 Å². The van der Waals surface area contributed by atoms with Crippen LogP contribution in [0.25, 0.3) is 0 Å². The van der Waals surface area contributed by atoms with E-state index in [-0.39, 0.29) is 0 Å². The van der Waals surface area contributed by atoms with Crippen molar-refractivity contribution >= 4 is 5.82 Å². The smallest absolute Gasteiger partial charge is 0.214 e. The second-order valence-corrected chi connectivity index (χ2v) is 3.09. The molecular formula is C10H15FN2. The molecule has 0 amide bonds. The van der Waals surface area contributed by atoms with Gasteiger partial charge in [0.15, 0.2) is 0 Å². The van der Waals surface area contributed by atoms with Gasteiger partial charge in [-0.1, -0.05) is 19.4 Å². The Morgan fingerprint density at radius 2 is 2.23 bits per heavy atom. The van der Waals surface area contributed by atoms with Gasteiger partial charge in [-0.15, -0.1) is 0 Å². The summed E-state index contributed by atoms with van der Waals surface area (Å²) < 4.78 is 12.7. The van der Waals surface area contributed by atoms with E-state index in [1.807, 2.05) is 18.0 Å². The van der Waals surface area contributed by atoms with Crippen LogP contribution in [0.5, 0.6) is 0 Å². The minimum atomic E-state index is -0.416. The first-order chi connectivity index (χ1) is 6.24. The van der Waals surface area contributed by atoms with E-state index in [1.165, 1.54) is 6.07 Å². The summed E-state index contributed by atoms with van der Waals surface area (Å²) in [6.45, 7) is 3.06. The molecule has 0 saturated heterocycles. The van der Waals surface area contributed by atoms with Gasteiger partial charge >= 0.3 is 0 Å². The zero-order valence-electron chi connectivity index (χ0n) is 8.13. The van der Waals surface area contributed by atoms with Crippen LogP contribution in [0.15, 0.2) is 18.2 Å². The maximum Gasteiger partial charge on any atom is 0.214 e. The third kappa shape index (κ3) is 3.01. The number of pyridine rings is 1. The van der Waals surface area contributed by atoms with Gasteiger partial charge in [-0.05, 0) is 18.6 Å². The van der Waals surface area contributed by atoms with Gasteiger partial charge in [-0.3, -0.25) is 0 Å². The number of nitrogens with zero attached hydrogens (tertiary/aromatic N) is 2. The normalized spacial score (nSPS) is 10.1. The Labute approximate surface area is 78.4 Å². The van der Waals surface area contributed by atoms with E-state index >= 15 is 0 Å². The molecule has 0 aliphatic carbocycles. The molecule has 1 aromatic heterocycles. The molecule has 13 heavy (non-hydrogen) atoms. The van der Waals surface area contributed by atoms with Gasteiger partial charge in [0.1, 0.15) is 5.82 Å². The summed E-state index contributed by atoms with van der Waals surface area (Å²) in [5.41, 5.74) is 0. The van der Waals surface area contributed by atoms with E-state index in [0.29, 0.717) is 5.82 Å². The Morgan fingerprint density at radius 3 is 2.85 bits per heavy atom. The number of aromatic nitrogens is 1. The third-order valence-corrected chi connectivity index (χ3v) is 1.94. The Bertz CT molecular complexity index is 263. The molecule has 1 heterocycles. The molecule has 0 fully saturated rings. The highest BCUT2D eigenvalue weighted by Gasteiger charge is 2.01. The number of hydrogen-bond acceptors (Lipinski definition) is 2. The third-order valence-electron chi connectivity index (χ3n) is 1.94. The highest BCUT2D eigenvalue weighted by molar-refractivity contribution is 5.36. The Kier molecular flexibility index (Phi) is 3.68. The van der Waals surface area contributed by atoms with Crippen molar-refractivity contribution in [3.63, 3.8) is 0 Å². The van der Waals surface area contributed by atoms with Crippen molar-refractivity contribution in [3.05, 3.63) is 24.1 Å². The van der Waals surface area contributed by atoms with Gasteiger partial charge in [0.25, 0.3) is 0 Å². The zero-order valence-corrected chi connectivity index (χ0v) is 8.13. The van der Waals surface area contributed by atoms with Gasteiger partial charge in [-0.2, -0.15) is 4.39 Å². The number of hydrogen-bond donors (Lipinski definition) is 0. The van der Waals surface area contributed by atoms with E-state index in [0.717, 1.165) is 19.4 Å². The van der Waals surface area contributed by atoms with Crippen LogP contribution in [-0.4, -0.2) is 18.6 Å². The second kappa shape index (κ2) is 4.80. The molecule has 2 nitrogen and oxygen atoms in total. The summed E-state index contributed by atoms with van der Waals surface area (Å²) in [7, 11) is 1.93. The average molecular weight is 182 g/mol. The standard InChI is InChI=1S/C10H15FN2/c1-3-4-8-13(2)10-7-5-6-9(11)12-10/h5-7H,3-4,8H2,1-2H3. The maximum atomic E-state index is 12.7. The lowest BCUT2D eigenvalue weighted by Gasteiger charge is -2.17. The second-order valence-electron chi connectivity index (χ2n) is 3.09. The molecule has 0 aromatic carbocycles. The van der Waals surface area contributed by atoms with Gasteiger partial charge in [-0.25, -0.2) is 4.98 Å². The summed E-state index contributed by atoms with van der Waals surface area (Å²) in [6, 6.07) is 4.86. The first-order valence-electron chi connectivity index (χ1n) is 4.57. The highest BCUT2D eigenvalue weighted by Crippen LogP contribution is 2.09. The minimum absolute atomic E-state index is 0.416. The number of unbranched alkanes of at least 4 members (excludes halogenated alkanes) is 1. The molecule has 1 rings (SSSR count). The molecule has 0 spiro atoms. The predicted octanol–water partition coefficient (Wildman–Crippen LogP) is 2.46. The molecular weight excluding hydrogens is 167 g/mol. The largest absolute Gasteiger partial charge is 0.360 e. The molecule has 1 aromatic rings. The quantitative estimate of drug-likeness (QED) is 0.665. The van der Waals surface area contributed by atoms with Crippen LogP contribution in [0.1, 0.15) is 19.8 Å². The summed E-state index contributed by atoms with van der Waals surface area (Å²) in [4.78, 5) is 5.75. The fraction of sp³-hybridized carbons (Fsp3) is 0.500. The predicted molar refractivity (Wildman–Crippen MR) is 52.4 cm³/mol. The monoisotopic (exact) mass is 182 g/mol. The Hall–Kier alpha value is -1.12. The zero-order chi connectivity index (χ0) is 9.68. The molecule has 0 saturated carbocycles. The molecule has 72 valence electrons. The van der Waals surface area contributed by atoms with Crippen molar-refractivity contribution < 1.29 is 4.39 Å². The fourth-order valence-corrected chi connectivity index (χ4v) is 1.12. The van der Waals surface area contributed by atoms with Gasteiger partial charge in [0, 0.05) is 13.6 Å². The SMILES string of the molecule is CCCCN(C)c1cccc(F)n1. The number of anilines is 1. The number of rotatable bonds is 4. The van der Waals surface area contributed by atoms with Crippen LogP contribution < -0.4 is 4.90 Å². The molecule has 0 radical (unpaired) electrons. The molecule has 3 heteroatoms. The van der Waals surface area contributed by atoms with Crippen molar-refractivity contribution in [2.24, 2.45) is 0 Å². The summed E-state index contributed by atoms with van der Waals surface area (Å²) in [6.07, 6.45) is 2.24. The molecule has 0 N–H and O–H groups in total. The van der Waals surface area contributed by atoms with E-state index in [4.69, 9.17) is 0 Å². The molecule has 0 atom stereocenters. The van der Waals surface area contributed by atoms with E-state index in [9.17, 15) is 4.39 Å². The molecule has 0 unspecified atom stereocenters. The van der Waals surface area contributed by atoms with Crippen LogP contribution in [-0.2, 0) is 0 Å².